The summed E-state index contributed by atoms with van der Waals surface area (Å²) in [5, 5.41) is 5.41. The predicted octanol–water partition coefficient (Wildman–Crippen LogP) is 4.66. The van der Waals surface area contributed by atoms with Gasteiger partial charge in [0.15, 0.2) is 0 Å². The van der Waals surface area contributed by atoms with E-state index in [2.05, 4.69) is 15.0 Å². The maximum Gasteiger partial charge on any atom is 0.261 e. The number of rotatable bonds is 8. The third-order valence-corrected chi connectivity index (χ3v) is 7.41. The first-order valence-corrected chi connectivity index (χ1v) is 12.8. The normalized spacial score (nSPS) is 12.3. The Morgan fingerprint density at radius 1 is 0.889 bits per heavy atom. The second kappa shape index (κ2) is 9.67. The number of hydrogen-bond donors (Lipinski definition) is 3. The van der Waals surface area contributed by atoms with Gasteiger partial charge in [0.05, 0.1) is 22.2 Å². The quantitative estimate of drug-likeness (QED) is 0.271. The smallest absolute Gasteiger partial charge is 0.261 e. The van der Waals surface area contributed by atoms with E-state index >= 15 is 0 Å². The van der Waals surface area contributed by atoms with Gasteiger partial charge in [0.1, 0.15) is 6.29 Å². The summed E-state index contributed by atoms with van der Waals surface area (Å²) >= 11 is 0. The van der Waals surface area contributed by atoms with Crippen LogP contribution in [0.3, 0.4) is 0 Å². The summed E-state index contributed by atoms with van der Waals surface area (Å²) in [7, 11) is -3.96. The Hall–Kier alpha value is -4.43. The maximum absolute atomic E-state index is 13.1. The molecule has 0 bridgehead atoms. The molecule has 0 spiro atoms. The van der Waals surface area contributed by atoms with Crippen LogP contribution in [0.1, 0.15) is 15.9 Å². The molecule has 8 heteroatoms. The van der Waals surface area contributed by atoms with Crippen LogP contribution in [0.25, 0.3) is 21.7 Å². The molecule has 5 aromatic rings. The minimum atomic E-state index is -3.96. The number of aldehydes is 1. The summed E-state index contributed by atoms with van der Waals surface area (Å²) < 4.78 is 28.8. The van der Waals surface area contributed by atoms with Gasteiger partial charge >= 0.3 is 0 Å². The van der Waals surface area contributed by atoms with E-state index in [1.54, 1.807) is 24.3 Å². The second-order valence-corrected chi connectivity index (χ2v) is 10.1. The molecule has 4 aromatic carbocycles. The molecule has 1 aromatic heterocycles. The molecule has 36 heavy (non-hydrogen) atoms. The van der Waals surface area contributed by atoms with Crippen LogP contribution in [-0.4, -0.2) is 31.6 Å². The van der Waals surface area contributed by atoms with Gasteiger partial charge < -0.3 is 15.1 Å². The van der Waals surface area contributed by atoms with Crippen LogP contribution in [0.2, 0.25) is 0 Å². The molecule has 0 aliphatic carbocycles. The number of hydrogen-bond acceptors (Lipinski definition) is 4. The number of fused-ring (bicyclic) bond motifs is 2. The number of carbonyl (C=O) groups excluding carboxylic acids is 2. The van der Waals surface area contributed by atoms with Gasteiger partial charge in [0.25, 0.3) is 15.9 Å². The van der Waals surface area contributed by atoms with E-state index in [1.807, 2.05) is 54.7 Å². The molecule has 1 heterocycles. The van der Waals surface area contributed by atoms with Crippen LogP contribution in [0.4, 0.5) is 5.69 Å². The molecule has 0 aliphatic rings. The van der Waals surface area contributed by atoms with E-state index in [1.165, 1.54) is 18.2 Å². The van der Waals surface area contributed by atoms with Gasteiger partial charge in [-0.2, -0.15) is 0 Å². The summed E-state index contributed by atoms with van der Waals surface area (Å²) in [6.07, 6.45) is 2.80. The van der Waals surface area contributed by atoms with Gasteiger partial charge in [-0.15, -0.1) is 0 Å². The summed E-state index contributed by atoms with van der Waals surface area (Å²) in [5.41, 5.74) is 2.08. The minimum absolute atomic E-state index is 0.0847. The fourth-order valence-electron chi connectivity index (χ4n) is 4.23. The second-order valence-electron chi connectivity index (χ2n) is 8.44. The Morgan fingerprint density at radius 3 is 2.44 bits per heavy atom. The molecule has 0 aliphatic heterocycles. The summed E-state index contributed by atoms with van der Waals surface area (Å²) in [5.74, 6) is -0.552. The van der Waals surface area contributed by atoms with Crippen molar-refractivity contribution < 1.29 is 18.0 Å². The van der Waals surface area contributed by atoms with Gasteiger partial charge in [-0.05, 0) is 46.7 Å². The Kier molecular flexibility index (Phi) is 6.26. The number of benzene rings is 4. The molecule has 5 rings (SSSR count). The highest BCUT2D eigenvalue weighted by Gasteiger charge is 2.21. The number of H-pyrrole nitrogens is 1. The van der Waals surface area contributed by atoms with Crippen molar-refractivity contribution in [3.05, 3.63) is 108 Å². The van der Waals surface area contributed by atoms with E-state index in [4.69, 9.17) is 0 Å². The summed E-state index contributed by atoms with van der Waals surface area (Å²) in [6.45, 7) is 0. The lowest BCUT2D eigenvalue weighted by Gasteiger charge is -2.16. The number of aromatic nitrogens is 1. The zero-order valence-corrected chi connectivity index (χ0v) is 20.0. The average molecular weight is 498 g/mol. The highest BCUT2D eigenvalue weighted by atomic mass is 32.2. The molecule has 3 N–H and O–H groups in total. The highest BCUT2D eigenvalue weighted by Crippen LogP contribution is 2.24. The number of sulfonamides is 1. The van der Waals surface area contributed by atoms with E-state index in [0.29, 0.717) is 12.7 Å². The van der Waals surface area contributed by atoms with E-state index < -0.39 is 22.0 Å². The molecule has 0 fully saturated rings. The third kappa shape index (κ3) is 4.71. The molecule has 1 atom stereocenters. The number of aromatic amines is 1. The van der Waals surface area contributed by atoms with Crippen LogP contribution in [0.5, 0.6) is 0 Å². The lowest BCUT2D eigenvalue weighted by molar-refractivity contribution is -0.109. The summed E-state index contributed by atoms with van der Waals surface area (Å²) in [4.78, 5) is 28.2. The zero-order valence-electron chi connectivity index (χ0n) is 19.1. The SMILES string of the molecule is O=CC(Cc1c[nH]c2ccccc12)NC(=O)c1ccccc1NS(=O)(=O)c1ccc2ccccc2c1. The molecule has 1 amide bonds. The van der Waals surface area contributed by atoms with Crippen molar-refractivity contribution in [3.8, 4) is 0 Å². The topological polar surface area (TPSA) is 108 Å². The van der Waals surface area contributed by atoms with Gasteiger partial charge in [0, 0.05) is 23.5 Å². The number of nitrogens with one attached hydrogen (secondary N) is 3. The van der Waals surface area contributed by atoms with Crippen molar-refractivity contribution in [3.63, 3.8) is 0 Å². The molecule has 7 nitrogen and oxygen atoms in total. The van der Waals surface area contributed by atoms with E-state index in [0.717, 1.165) is 27.2 Å². The van der Waals surface area contributed by atoms with Gasteiger partial charge in [-0.25, -0.2) is 8.42 Å². The minimum Gasteiger partial charge on any atom is -0.361 e. The molecule has 0 saturated heterocycles. The first-order valence-electron chi connectivity index (χ1n) is 11.4. The standard InChI is InChI=1S/C28H23N3O4S/c32-18-22(15-21-17-29-26-11-5-3-9-24(21)26)30-28(33)25-10-4-6-12-27(25)31-36(34,35)23-14-13-19-7-1-2-8-20(19)16-23/h1-14,16-18,22,29,31H,15H2,(H,30,33). The van der Waals surface area contributed by atoms with Crippen LogP contribution in [0.15, 0.2) is 102 Å². The van der Waals surface area contributed by atoms with Crippen molar-refractivity contribution in [2.75, 3.05) is 4.72 Å². The fraction of sp³-hybridized carbons (Fsp3) is 0.0714. The van der Waals surface area contributed by atoms with Crippen molar-refractivity contribution in [2.24, 2.45) is 0 Å². The maximum atomic E-state index is 13.1. The zero-order chi connectivity index (χ0) is 25.1. The average Bonchev–Trinajstić information content (AvgIpc) is 3.30. The molecule has 0 saturated carbocycles. The van der Waals surface area contributed by atoms with Gasteiger partial charge in [0.2, 0.25) is 0 Å². The Balaban J connectivity index is 1.37. The molecule has 1 unspecified atom stereocenters. The van der Waals surface area contributed by atoms with Crippen LogP contribution in [0, 0.1) is 0 Å². The molecular formula is C28H23N3O4S. The van der Waals surface area contributed by atoms with Crippen LogP contribution >= 0.6 is 0 Å². The number of anilines is 1. The number of carbonyl (C=O) groups is 2. The summed E-state index contributed by atoms with van der Waals surface area (Å²) in [6, 6.07) is 25.5. The Morgan fingerprint density at radius 2 is 1.61 bits per heavy atom. The number of para-hydroxylation sites is 2. The highest BCUT2D eigenvalue weighted by molar-refractivity contribution is 7.92. The lowest BCUT2D eigenvalue weighted by Crippen LogP contribution is -2.38. The monoisotopic (exact) mass is 497 g/mol. The lowest BCUT2D eigenvalue weighted by atomic mass is 10.1. The van der Waals surface area contributed by atoms with Crippen LogP contribution in [-0.2, 0) is 21.2 Å². The van der Waals surface area contributed by atoms with Crippen molar-refractivity contribution >= 4 is 49.6 Å². The Labute approximate surface area is 208 Å². The first-order chi connectivity index (χ1) is 17.4. The van der Waals surface area contributed by atoms with E-state index in [-0.39, 0.29) is 16.1 Å². The van der Waals surface area contributed by atoms with E-state index in [9.17, 15) is 18.0 Å². The van der Waals surface area contributed by atoms with Gasteiger partial charge in [-0.1, -0.05) is 60.7 Å². The van der Waals surface area contributed by atoms with Gasteiger partial charge in [-0.3, -0.25) is 9.52 Å². The predicted molar refractivity (Wildman–Crippen MR) is 141 cm³/mol. The van der Waals surface area contributed by atoms with Crippen molar-refractivity contribution in [1.29, 1.82) is 0 Å². The number of amides is 1. The fourth-order valence-corrected chi connectivity index (χ4v) is 5.34. The van der Waals surface area contributed by atoms with Crippen LogP contribution < -0.4 is 10.0 Å². The molecule has 0 radical (unpaired) electrons. The third-order valence-electron chi connectivity index (χ3n) is 6.04. The van der Waals surface area contributed by atoms with Crippen molar-refractivity contribution in [1.82, 2.24) is 10.3 Å². The largest absolute Gasteiger partial charge is 0.361 e. The Bertz CT molecular complexity index is 1690. The molecular weight excluding hydrogens is 474 g/mol. The molecule has 180 valence electrons. The van der Waals surface area contributed by atoms with Crippen molar-refractivity contribution in [2.45, 2.75) is 17.4 Å². The first kappa shape index (κ1) is 23.3.